The molecule has 7 nitrogen and oxygen atoms in total. The Morgan fingerprint density at radius 1 is 1.19 bits per heavy atom. The van der Waals surface area contributed by atoms with E-state index >= 15 is 0 Å². The number of hydrogen-bond donors (Lipinski definition) is 0. The first-order valence-corrected chi connectivity index (χ1v) is 14.1. The number of alkyl halides is 2. The summed E-state index contributed by atoms with van der Waals surface area (Å²) in [5, 5.41) is 0.619. The number of carbonyl (C=O) groups is 2. The SMILES string of the molecule is [2H]C([2H])=C1CC2(CCN(Cc3c(OC(F)F)cc(C)c4c3ccn4C(=O)OC(C)(C)C)[C@H](c3ccc(C(=O)OC)cc3)C2)C1. The zero-order valence-electron chi connectivity index (χ0n) is 26.6. The van der Waals surface area contributed by atoms with Crippen LogP contribution in [0, 0.1) is 12.3 Å². The number of fused-ring (bicyclic) bond motifs is 1. The van der Waals surface area contributed by atoms with E-state index in [1.165, 1.54) is 11.7 Å². The second kappa shape index (κ2) is 11.2. The standard InChI is InChI=1S/C33H38F2N2O5/c1-20-16-33(17-20)12-14-36(26(18-33)22-7-9-23(10-8-22)29(38)40-6)19-25-24-11-13-37(31(39)42-32(3,4)5)28(24)21(2)15-27(25)41-30(34)35/h7-11,13,15,26,30H,1,12,14,16-19H2,2-6H3/t26-/m0/s1/i1D2. The third-order valence-corrected chi connectivity index (χ3v) is 8.29. The highest BCUT2D eigenvalue weighted by Crippen LogP contribution is 2.56. The fourth-order valence-corrected chi connectivity index (χ4v) is 6.42. The second-order valence-corrected chi connectivity index (χ2v) is 12.5. The van der Waals surface area contributed by atoms with E-state index in [2.05, 4.69) is 4.90 Å². The maximum Gasteiger partial charge on any atom is 0.419 e. The summed E-state index contributed by atoms with van der Waals surface area (Å²) in [5.74, 6) is -0.389. The molecule has 42 heavy (non-hydrogen) atoms. The summed E-state index contributed by atoms with van der Waals surface area (Å²) in [6.07, 6.45) is 3.96. The van der Waals surface area contributed by atoms with Crippen LogP contribution in [-0.2, 0) is 16.0 Å². The van der Waals surface area contributed by atoms with Gasteiger partial charge in [0, 0.05) is 29.7 Å². The van der Waals surface area contributed by atoms with Crippen LogP contribution >= 0.6 is 0 Å². The Hall–Kier alpha value is -3.72. The van der Waals surface area contributed by atoms with Gasteiger partial charge >= 0.3 is 18.7 Å². The summed E-state index contributed by atoms with van der Waals surface area (Å²) in [5.41, 5.74) is 3.14. The van der Waals surface area contributed by atoms with Crippen LogP contribution in [0.15, 0.2) is 54.7 Å². The van der Waals surface area contributed by atoms with Crippen molar-refractivity contribution in [3.63, 3.8) is 0 Å². The lowest BCUT2D eigenvalue weighted by atomic mass is 9.59. The summed E-state index contributed by atoms with van der Waals surface area (Å²) in [7, 11) is 1.33. The number of hydrogen-bond acceptors (Lipinski definition) is 6. The molecule has 1 spiro atoms. The lowest BCUT2D eigenvalue weighted by Gasteiger charge is -2.53. The maximum atomic E-state index is 13.7. The monoisotopic (exact) mass is 582 g/mol. The number of likely N-dealkylation sites (tertiary alicyclic amines) is 1. The molecule has 224 valence electrons. The van der Waals surface area contributed by atoms with Gasteiger partial charge in [0.05, 0.1) is 20.9 Å². The van der Waals surface area contributed by atoms with Crippen LogP contribution in [0.4, 0.5) is 13.6 Å². The van der Waals surface area contributed by atoms with Gasteiger partial charge in [-0.15, -0.1) is 0 Å². The molecule has 2 heterocycles. The van der Waals surface area contributed by atoms with Gasteiger partial charge in [-0.2, -0.15) is 8.78 Å². The molecular weight excluding hydrogens is 542 g/mol. The van der Waals surface area contributed by atoms with Gasteiger partial charge in [0.15, 0.2) is 0 Å². The van der Waals surface area contributed by atoms with Crippen LogP contribution in [0.25, 0.3) is 10.9 Å². The smallest absolute Gasteiger partial charge is 0.419 e. The van der Waals surface area contributed by atoms with Gasteiger partial charge < -0.3 is 14.2 Å². The van der Waals surface area contributed by atoms with Crippen LogP contribution in [0.1, 0.15) is 82.3 Å². The fourth-order valence-electron chi connectivity index (χ4n) is 6.42. The van der Waals surface area contributed by atoms with Crippen molar-refractivity contribution in [2.45, 2.75) is 78.2 Å². The minimum Gasteiger partial charge on any atom is -0.465 e. The predicted octanol–water partition coefficient (Wildman–Crippen LogP) is 7.79. The molecule has 1 aromatic heterocycles. The Morgan fingerprint density at radius 3 is 2.52 bits per heavy atom. The maximum absolute atomic E-state index is 13.7. The summed E-state index contributed by atoms with van der Waals surface area (Å²) < 4.78 is 59.8. The van der Waals surface area contributed by atoms with Gasteiger partial charge in [-0.25, -0.2) is 9.59 Å². The molecule has 1 aliphatic carbocycles. The van der Waals surface area contributed by atoms with Crippen LogP contribution in [-0.4, -0.2) is 47.4 Å². The number of allylic oxidation sites excluding steroid dienone is 1. The van der Waals surface area contributed by atoms with Gasteiger partial charge in [0.25, 0.3) is 0 Å². The number of halogens is 2. The number of esters is 1. The highest BCUT2D eigenvalue weighted by molar-refractivity contribution is 5.95. The van der Waals surface area contributed by atoms with Gasteiger partial charge in [-0.1, -0.05) is 24.2 Å². The number of ether oxygens (including phenoxy) is 3. The molecule has 5 rings (SSSR count). The van der Waals surface area contributed by atoms with Crippen molar-refractivity contribution in [1.82, 2.24) is 9.47 Å². The van der Waals surface area contributed by atoms with E-state index in [1.54, 1.807) is 58.2 Å². The molecule has 0 amide bonds. The van der Waals surface area contributed by atoms with Gasteiger partial charge in [0.1, 0.15) is 11.4 Å². The topological polar surface area (TPSA) is 70.0 Å². The quantitative estimate of drug-likeness (QED) is 0.218. The normalized spacial score (nSPS) is 19.3. The van der Waals surface area contributed by atoms with Crippen molar-refractivity contribution < 1.29 is 35.3 Å². The van der Waals surface area contributed by atoms with Crippen molar-refractivity contribution in [3.8, 4) is 5.75 Å². The highest BCUT2D eigenvalue weighted by Gasteiger charge is 2.46. The molecule has 0 N–H and O–H groups in total. The summed E-state index contributed by atoms with van der Waals surface area (Å²) in [6.45, 7) is 4.83. The molecule has 1 saturated heterocycles. The fraction of sp³-hybridized carbons (Fsp3) is 0.455. The molecule has 1 atom stereocenters. The van der Waals surface area contributed by atoms with E-state index < -0.39 is 24.3 Å². The van der Waals surface area contributed by atoms with Crippen molar-refractivity contribution in [2.75, 3.05) is 13.7 Å². The zero-order valence-corrected chi connectivity index (χ0v) is 24.6. The molecule has 2 fully saturated rings. The van der Waals surface area contributed by atoms with Crippen molar-refractivity contribution in [1.29, 1.82) is 0 Å². The average molecular weight is 583 g/mol. The third kappa shape index (κ3) is 5.93. The van der Waals surface area contributed by atoms with Crippen molar-refractivity contribution >= 4 is 23.0 Å². The number of aryl methyl sites for hydroxylation is 1. The first-order valence-electron chi connectivity index (χ1n) is 15.1. The largest absolute Gasteiger partial charge is 0.465 e. The molecule has 0 radical (unpaired) electrons. The minimum absolute atomic E-state index is 0.0499. The van der Waals surface area contributed by atoms with E-state index in [-0.39, 0.29) is 30.3 Å². The van der Waals surface area contributed by atoms with Crippen LogP contribution in [0.2, 0.25) is 0 Å². The average Bonchev–Trinajstić information content (AvgIpc) is 3.38. The summed E-state index contributed by atoms with van der Waals surface area (Å²) in [4.78, 5) is 27.4. The molecule has 2 aliphatic rings. The Bertz CT molecular complexity index is 1600. The van der Waals surface area contributed by atoms with E-state index in [0.717, 1.165) is 24.0 Å². The Morgan fingerprint density at radius 2 is 1.90 bits per heavy atom. The molecule has 1 aliphatic heterocycles. The number of methoxy groups -OCH3 is 1. The summed E-state index contributed by atoms with van der Waals surface area (Å²) >= 11 is 0. The first kappa shape index (κ1) is 27.1. The number of carbonyl (C=O) groups excluding carboxylic acids is 2. The van der Waals surface area contributed by atoms with Crippen molar-refractivity contribution in [3.05, 3.63) is 77.0 Å². The molecule has 0 unspecified atom stereocenters. The number of piperidine rings is 1. The second-order valence-electron chi connectivity index (χ2n) is 12.5. The van der Waals surface area contributed by atoms with Crippen molar-refractivity contribution in [2.24, 2.45) is 5.41 Å². The van der Waals surface area contributed by atoms with E-state index in [4.69, 9.17) is 17.0 Å². The third-order valence-electron chi connectivity index (χ3n) is 8.29. The number of benzene rings is 2. The molecule has 3 aromatic rings. The van der Waals surface area contributed by atoms with Gasteiger partial charge in [-0.3, -0.25) is 9.47 Å². The lowest BCUT2D eigenvalue weighted by molar-refractivity contribution is -0.0512. The molecule has 1 saturated carbocycles. The number of nitrogens with zero attached hydrogens (tertiary/aromatic N) is 2. The lowest BCUT2D eigenvalue weighted by Crippen LogP contribution is -2.45. The Labute approximate surface area is 247 Å². The molecular formula is C33H38F2N2O5. The highest BCUT2D eigenvalue weighted by atomic mass is 19.3. The molecule has 2 aromatic carbocycles. The Kier molecular flexibility index (Phi) is 7.22. The van der Waals surface area contributed by atoms with E-state index in [9.17, 15) is 18.4 Å². The van der Waals surface area contributed by atoms with Gasteiger partial charge in [-0.05, 0) is 101 Å². The molecule has 0 bridgehead atoms. The van der Waals surface area contributed by atoms with Crippen LogP contribution < -0.4 is 4.74 Å². The van der Waals surface area contributed by atoms with E-state index in [0.29, 0.717) is 47.0 Å². The summed E-state index contributed by atoms with van der Waals surface area (Å²) in [6, 6.07) is 10.4. The minimum atomic E-state index is -3.03. The first-order chi connectivity index (χ1) is 20.7. The van der Waals surface area contributed by atoms with E-state index in [1.807, 2.05) is 12.1 Å². The molecule has 9 heteroatoms. The Balaban J connectivity index is 1.55. The van der Waals surface area contributed by atoms with Gasteiger partial charge in [0.2, 0.25) is 0 Å². The number of rotatable bonds is 6. The van der Waals surface area contributed by atoms with Crippen LogP contribution in [0.3, 0.4) is 0 Å². The predicted molar refractivity (Wildman–Crippen MR) is 156 cm³/mol. The number of aromatic nitrogens is 1. The van der Waals surface area contributed by atoms with Crippen LogP contribution in [0.5, 0.6) is 5.75 Å². The zero-order chi connectivity index (χ0) is 32.0.